The molecule has 2 aromatic heterocycles. The molecular weight excluding hydrogens is 294 g/mol. The van der Waals surface area contributed by atoms with E-state index in [0.717, 1.165) is 24.1 Å². The van der Waals surface area contributed by atoms with Crippen molar-refractivity contribution in [2.75, 3.05) is 0 Å². The highest BCUT2D eigenvalue weighted by Gasteiger charge is 2.34. The number of nitrogens with one attached hydrogen (secondary N) is 1. The Morgan fingerprint density at radius 3 is 2.73 bits per heavy atom. The van der Waals surface area contributed by atoms with Crippen LogP contribution in [-0.4, -0.2) is 19.7 Å². The summed E-state index contributed by atoms with van der Waals surface area (Å²) in [7, 11) is 2.10. The van der Waals surface area contributed by atoms with Crippen LogP contribution in [0.3, 0.4) is 0 Å². The van der Waals surface area contributed by atoms with Crippen LogP contribution in [0.25, 0.3) is 0 Å². The number of hydrogen-bond donors (Lipinski definition) is 1. The zero-order valence-corrected chi connectivity index (χ0v) is 14.1. The van der Waals surface area contributed by atoms with Crippen LogP contribution >= 0.6 is 11.3 Å². The minimum absolute atomic E-state index is 0.377. The fourth-order valence-electron chi connectivity index (χ4n) is 3.15. The first-order valence-corrected chi connectivity index (χ1v) is 9.08. The van der Waals surface area contributed by atoms with Crippen molar-refractivity contribution in [1.82, 2.24) is 25.1 Å². The Kier molecular flexibility index (Phi) is 3.74. The molecule has 6 heteroatoms. The van der Waals surface area contributed by atoms with Gasteiger partial charge in [0, 0.05) is 24.0 Å². The Balaban J connectivity index is 1.45. The van der Waals surface area contributed by atoms with Crippen molar-refractivity contribution in [2.45, 2.75) is 57.5 Å². The largest absolute Gasteiger partial charge is 0.317 e. The topological polar surface area (TPSA) is 55.6 Å². The molecule has 0 amide bonds. The van der Waals surface area contributed by atoms with Gasteiger partial charge >= 0.3 is 0 Å². The lowest BCUT2D eigenvalue weighted by molar-refractivity contribution is 0.390. The monoisotopic (exact) mass is 317 g/mol. The van der Waals surface area contributed by atoms with Crippen molar-refractivity contribution in [1.29, 1.82) is 0 Å². The van der Waals surface area contributed by atoms with Crippen LogP contribution < -0.4 is 5.32 Å². The summed E-state index contributed by atoms with van der Waals surface area (Å²) in [5.41, 5.74) is 0. The summed E-state index contributed by atoms with van der Waals surface area (Å²) < 4.78 is 2.19. The second-order valence-electron chi connectivity index (χ2n) is 6.67. The number of rotatable bonds is 6. The molecular formula is C16H23N5S. The van der Waals surface area contributed by atoms with Gasteiger partial charge in [0.05, 0.1) is 12.6 Å². The molecule has 0 aromatic carbocycles. The van der Waals surface area contributed by atoms with Gasteiger partial charge in [0.25, 0.3) is 0 Å². The first-order valence-electron chi connectivity index (χ1n) is 8.26. The second kappa shape index (κ2) is 5.74. The third-order valence-corrected chi connectivity index (χ3v) is 5.94. The maximum atomic E-state index is 4.58. The number of thiazole rings is 1. The molecule has 2 heterocycles. The summed E-state index contributed by atoms with van der Waals surface area (Å²) in [5.74, 6) is 3.58. The summed E-state index contributed by atoms with van der Waals surface area (Å²) in [4.78, 5) is 5.87. The molecule has 0 aliphatic heterocycles. The SMILES string of the molecule is Cc1cnc(C(NCc2nnc(C3CCC3)n2C)C2CC2)s1. The van der Waals surface area contributed by atoms with E-state index < -0.39 is 0 Å². The first kappa shape index (κ1) is 14.3. The molecule has 2 aromatic rings. The van der Waals surface area contributed by atoms with Crippen LogP contribution in [0, 0.1) is 12.8 Å². The Bertz CT molecular complexity index is 653. The van der Waals surface area contributed by atoms with E-state index in [1.807, 2.05) is 17.5 Å². The van der Waals surface area contributed by atoms with Gasteiger partial charge in [-0.2, -0.15) is 0 Å². The standard InChI is InChI=1S/C16H23N5S/c1-10-8-18-16(22-10)14(11-6-7-11)17-9-13-19-20-15(21(13)2)12-4-3-5-12/h8,11-12,14,17H,3-7,9H2,1-2H3. The zero-order valence-electron chi connectivity index (χ0n) is 13.2. The Labute approximate surface area is 135 Å². The highest BCUT2D eigenvalue weighted by atomic mass is 32.1. The van der Waals surface area contributed by atoms with Gasteiger partial charge in [-0.15, -0.1) is 21.5 Å². The molecule has 1 N–H and O–H groups in total. The van der Waals surface area contributed by atoms with Gasteiger partial charge in [0.1, 0.15) is 16.7 Å². The highest BCUT2D eigenvalue weighted by molar-refractivity contribution is 7.11. The number of aromatic nitrogens is 4. The lowest BCUT2D eigenvalue weighted by atomic mass is 9.85. The molecule has 2 fully saturated rings. The van der Waals surface area contributed by atoms with Gasteiger partial charge in [-0.1, -0.05) is 6.42 Å². The normalized spacial score (nSPS) is 20.1. The summed E-state index contributed by atoms with van der Waals surface area (Å²) in [6.07, 6.45) is 8.46. The average molecular weight is 317 g/mol. The van der Waals surface area contributed by atoms with Gasteiger partial charge in [0.2, 0.25) is 0 Å². The summed E-state index contributed by atoms with van der Waals surface area (Å²) in [6.45, 7) is 2.90. The molecule has 1 atom stereocenters. The van der Waals surface area contributed by atoms with E-state index in [1.54, 1.807) is 0 Å². The van der Waals surface area contributed by atoms with Crippen LogP contribution in [0.15, 0.2) is 6.20 Å². The minimum Gasteiger partial charge on any atom is -0.317 e. The molecule has 5 nitrogen and oxygen atoms in total. The Morgan fingerprint density at radius 1 is 1.32 bits per heavy atom. The maximum absolute atomic E-state index is 4.58. The van der Waals surface area contributed by atoms with Crippen molar-refractivity contribution in [3.8, 4) is 0 Å². The van der Waals surface area contributed by atoms with Gasteiger partial charge in [-0.3, -0.25) is 0 Å². The van der Waals surface area contributed by atoms with E-state index in [-0.39, 0.29) is 0 Å². The third-order valence-electron chi connectivity index (χ3n) is 4.95. The number of nitrogens with zero attached hydrogens (tertiary/aromatic N) is 4. The maximum Gasteiger partial charge on any atom is 0.146 e. The van der Waals surface area contributed by atoms with Crippen LogP contribution in [0.1, 0.15) is 65.6 Å². The molecule has 0 radical (unpaired) electrons. The highest BCUT2D eigenvalue weighted by Crippen LogP contribution is 2.42. The van der Waals surface area contributed by atoms with Crippen LogP contribution in [-0.2, 0) is 13.6 Å². The average Bonchev–Trinajstić information content (AvgIpc) is 3.11. The van der Waals surface area contributed by atoms with Crippen molar-refractivity contribution in [2.24, 2.45) is 13.0 Å². The molecule has 0 spiro atoms. The predicted octanol–water partition coefficient (Wildman–Crippen LogP) is 3.09. The molecule has 2 aliphatic rings. The van der Waals surface area contributed by atoms with E-state index in [2.05, 4.69) is 39.0 Å². The Hall–Kier alpha value is -1.27. The van der Waals surface area contributed by atoms with E-state index in [0.29, 0.717) is 12.0 Å². The summed E-state index contributed by atoms with van der Waals surface area (Å²) in [5, 5.41) is 13.7. The lowest BCUT2D eigenvalue weighted by Gasteiger charge is -2.24. The van der Waals surface area contributed by atoms with Crippen molar-refractivity contribution in [3.63, 3.8) is 0 Å². The molecule has 1 unspecified atom stereocenters. The van der Waals surface area contributed by atoms with E-state index in [1.165, 1.54) is 42.0 Å². The molecule has 0 bridgehead atoms. The fraction of sp³-hybridized carbons (Fsp3) is 0.688. The van der Waals surface area contributed by atoms with Gasteiger partial charge in [-0.25, -0.2) is 4.98 Å². The summed E-state index contributed by atoms with van der Waals surface area (Å²) >= 11 is 1.81. The molecule has 4 rings (SSSR count). The van der Waals surface area contributed by atoms with Crippen molar-refractivity contribution >= 4 is 11.3 Å². The van der Waals surface area contributed by atoms with Crippen LogP contribution in [0.5, 0.6) is 0 Å². The third kappa shape index (κ3) is 2.70. The smallest absolute Gasteiger partial charge is 0.146 e. The van der Waals surface area contributed by atoms with E-state index >= 15 is 0 Å². The van der Waals surface area contributed by atoms with Gasteiger partial charge < -0.3 is 9.88 Å². The lowest BCUT2D eigenvalue weighted by Crippen LogP contribution is -2.24. The molecule has 22 heavy (non-hydrogen) atoms. The first-order chi connectivity index (χ1) is 10.7. The van der Waals surface area contributed by atoms with E-state index in [9.17, 15) is 0 Å². The molecule has 2 saturated carbocycles. The second-order valence-corrected chi connectivity index (χ2v) is 7.93. The van der Waals surface area contributed by atoms with Crippen molar-refractivity contribution < 1.29 is 0 Å². The fourth-order valence-corrected chi connectivity index (χ4v) is 4.10. The quantitative estimate of drug-likeness (QED) is 0.889. The minimum atomic E-state index is 0.377. The van der Waals surface area contributed by atoms with Gasteiger partial charge in [0.15, 0.2) is 0 Å². The van der Waals surface area contributed by atoms with Crippen LogP contribution in [0.2, 0.25) is 0 Å². The number of aryl methyl sites for hydroxylation is 1. The van der Waals surface area contributed by atoms with E-state index in [4.69, 9.17) is 0 Å². The number of hydrogen-bond acceptors (Lipinski definition) is 5. The van der Waals surface area contributed by atoms with Gasteiger partial charge in [-0.05, 0) is 38.5 Å². The summed E-state index contributed by atoms with van der Waals surface area (Å²) in [6, 6.07) is 0.377. The zero-order chi connectivity index (χ0) is 15.1. The molecule has 118 valence electrons. The Morgan fingerprint density at radius 2 is 2.14 bits per heavy atom. The van der Waals surface area contributed by atoms with Crippen molar-refractivity contribution in [3.05, 3.63) is 27.7 Å². The predicted molar refractivity (Wildman–Crippen MR) is 86.8 cm³/mol. The molecule has 0 saturated heterocycles. The molecule has 2 aliphatic carbocycles. The van der Waals surface area contributed by atoms with Crippen LogP contribution in [0.4, 0.5) is 0 Å².